The molecule has 3 aromatic rings. The van der Waals surface area contributed by atoms with Gasteiger partial charge in [0.1, 0.15) is 12.4 Å². The minimum absolute atomic E-state index is 0.0327. The molecular weight excluding hydrogens is 510 g/mol. The summed E-state index contributed by atoms with van der Waals surface area (Å²) < 4.78 is 11.3. The summed E-state index contributed by atoms with van der Waals surface area (Å²) in [5, 5.41) is 0.600. The van der Waals surface area contributed by atoms with Gasteiger partial charge >= 0.3 is 0 Å². The van der Waals surface area contributed by atoms with Crippen LogP contribution in [0, 0.1) is 6.92 Å². The van der Waals surface area contributed by atoms with Gasteiger partial charge in [0.2, 0.25) is 0 Å². The number of thioether (sulfide) groups is 1. The number of nitrogens with zero attached hydrogens (tertiary/aromatic N) is 3. The average Bonchev–Trinajstić information content (AvgIpc) is 3.26. The van der Waals surface area contributed by atoms with Gasteiger partial charge in [-0.15, -0.1) is 0 Å². The van der Waals surface area contributed by atoms with E-state index in [0.29, 0.717) is 60.8 Å². The number of carbonyl (C=O) groups excluding carboxylic acids is 2. The van der Waals surface area contributed by atoms with E-state index in [0.717, 1.165) is 16.9 Å². The fourth-order valence-corrected chi connectivity index (χ4v) is 5.36. The quantitative estimate of drug-likeness (QED) is 0.361. The molecule has 0 bridgehead atoms. The highest BCUT2D eigenvalue weighted by Gasteiger charge is 2.32. The average molecular weight is 542 g/mol. The second-order valence-corrected chi connectivity index (χ2v) is 10.4. The molecule has 200 valence electrons. The third kappa shape index (κ3) is 6.58. The molecule has 8 heteroatoms. The van der Waals surface area contributed by atoms with Gasteiger partial charge in [0, 0.05) is 25.2 Å². The summed E-state index contributed by atoms with van der Waals surface area (Å²) >= 11 is 1.34. The summed E-state index contributed by atoms with van der Waals surface area (Å²) in [5.74, 6) is 0.656. The number of ether oxygens (including phenoxy) is 2. The third-order valence-electron chi connectivity index (χ3n) is 6.52. The Kier molecular flexibility index (Phi) is 8.44. The van der Waals surface area contributed by atoms with E-state index in [1.165, 1.54) is 17.3 Å². The highest BCUT2D eigenvalue weighted by Crippen LogP contribution is 2.34. The molecule has 7 nitrogen and oxygen atoms in total. The van der Waals surface area contributed by atoms with E-state index in [2.05, 4.69) is 31.2 Å². The Morgan fingerprint density at radius 1 is 1.05 bits per heavy atom. The summed E-state index contributed by atoms with van der Waals surface area (Å²) in [5.41, 5.74) is 4.46. The van der Waals surface area contributed by atoms with Gasteiger partial charge in [-0.05, 0) is 73.1 Å². The molecule has 2 heterocycles. The van der Waals surface area contributed by atoms with Crippen LogP contribution in [0.25, 0.3) is 6.08 Å². The molecule has 2 amide bonds. The van der Waals surface area contributed by atoms with E-state index in [4.69, 9.17) is 14.5 Å². The monoisotopic (exact) mass is 541 g/mol. The fourth-order valence-electron chi connectivity index (χ4n) is 4.30. The number of morpholine rings is 1. The molecule has 2 saturated heterocycles. The minimum atomic E-state index is -0.0819. The second-order valence-electron chi connectivity index (χ2n) is 9.35. The van der Waals surface area contributed by atoms with E-state index in [9.17, 15) is 9.59 Å². The predicted octanol–water partition coefficient (Wildman–Crippen LogP) is 5.67. The van der Waals surface area contributed by atoms with Crippen LogP contribution >= 0.6 is 11.8 Å². The van der Waals surface area contributed by atoms with Gasteiger partial charge in [0.05, 0.1) is 23.8 Å². The molecule has 2 aliphatic rings. The Hall–Kier alpha value is -3.88. The van der Waals surface area contributed by atoms with E-state index in [1.54, 1.807) is 21.9 Å². The Morgan fingerprint density at radius 3 is 2.51 bits per heavy atom. The molecule has 0 aromatic heterocycles. The van der Waals surface area contributed by atoms with E-state index >= 15 is 0 Å². The van der Waals surface area contributed by atoms with Gasteiger partial charge in [-0.25, -0.2) is 4.99 Å². The van der Waals surface area contributed by atoms with Crippen LogP contribution in [0.4, 0.5) is 5.69 Å². The zero-order valence-corrected chi connectivity index (χ0v) is 22.9. The molecule has 2 fully saturated rings. The van der Waals surface area contributed by atoms with Gasteiger partial charge in [-0.1, -0.05) is 48.0 Å². The van der Waals surface area contributed by atoms with Gasteiger partial charge in [-0.3, -0.25) is 14.5 Å². The van der Waals surface area contributed by atoms with Gasteiger partial charge in [-0.2, -0.15) is 0 Å². The molecule has 0 radical (unpaired) electrons. The van der Waals surface area contributed by atoms with Crippen molar-refractivity contribution in [3.05, 3.63) is 100.0 Å². The first-order chi connectivity index (χ1) is 19.0. The molecule has 0 saturated carbocycles. The summed E-state index contributed by atoms with van der Waals surface area (Å²) in [6.45, 7) is 7.26. The Labute approximate surface area is 233 Å². The largest absolute Gasteiger partial charge is 0.489 e. The molecule has 3 aromatic carbocycles. The lowest BCUT2D eigenvalue weighted by molar-refractivity contribution is -0.122. The molecule has 5 rings (SSSR count). The SMILES string of the molecule is CCN1C(=O)/C(=C\c2ccc(OCc3ccc(C)cc3)cc2)SC1=Nc1cccc(C(=O)N2CCOCC2)c1. The number of aryl methyl sites for hydroxylation is 1. The first-order valence-corrected chi connectivity index (χ1v) is 13.9. The molecular formula is C31H31N3O4S. The number of rotatable bonds is 7. The molecule has 0 spiro atoms. The number of amides is 2. The number of likely N-dealkylation sites (N-methyl/N-ethyl adjacent to an activating group) is 1. The molecule has 39 heavy (non-hydrogen) atoms. The molecule has 2 aliphatic heterocycles. The molecule has 0 aliphatic carbocycles. The lowest BCUT2D eigenvalue weighted by Crippen LogP contribution is -2.40. The summed E-state index contributed by atoms with van der Waals surface area (Å²) in [6.07, 6.45) is 1.88. The van der Waals surface area contributed by atoms with Crippen molar-refractivity contribution >= 4 is 40.5 Å². The van der Waals surface area contributed by atoms with Gasteiger partial charge < -0.3 is 14.4 Å². The van der Waals surface area contributed by atoms with E-state index < -0.39 is 0 Å². The summed E-state index contributed by atoms with van der Waals surface area (Å²) in [4.78, 5) is 34.8. The lowest BCUT2D eigenvalue weighted by Gasteiger charge is -2.26. The summed E-state index contributed by atoms with van der Waals surface area (Å²) in [7, 11) is 0. The smallest absolute Gasteiger partial charge is 0.266 e. The molecule has 0 N–H and O–H groups in total. The maximum absolute atomic E-state index is 13.1. The number of aliphatic imine (C=N–C) groups is 1. The minimum Gasteiger partial charge on any atom is -0.489 e. The van der Waals surface area contributed by atoms with Crippen LogP contribution in [0.1, 0.15) is 34.0 Å². The van der Waals surface area contributed by atoms with Crippen LogP contribution in [0.3, 0.4) is 0 Å². The van der Waals surface area contributed by atoms with Crippen molar-refractivity contribution in [3.63, 3.8) is 0 Å². The molecule has 0 unspecified atom stereocenters. The number of hydrogen-bond acceptors (Lipinski definition) is 6. The van der Waals surface area contributed by atoms with Crippen LogP contribution in [0.2, 0.25) is 0 Å². The Bertz CT molecular complexity index is 1390. The standard InChI is InChI=1S/C31H31N3O4S/c1-3-34-30(36)28(19-23-11-13-27(14-12-23)38-21-24-9-7-22(2)8-10-24)39-31(34)32-26-6-4-5-25(20-26)29(35)33-15-17-37-18-16-33/h4-14,19-20H,3,15-18,21H2,1-2H3/b28-19+,32-31?. The maximum Gasteiger partial charge on any atom is 0.266 e. The third-order valence-corrected chi connectivity index (χ3v) is 7.53. The first kappa shape index (κ1) is 26.7. The van der Waals surface area contributed by atoms with Crippen molar-refractivity contribution in [2.45, 2.75) is 20.5 Å². The predicted molar refractivity (Wildman–Crippen MR) is 155 cm³/mol. The van der Waals surface area contributed by atoms with E-state index in [-0.39, 0.29) is 11.8 Å². The number of hydrogen-bond donors (Lipinski definition) is 0. The van der Waals surface area contributed by atoms with Crippen molar-refractivity contribution in [2.24, 2.45) is 4.99 Å². The summed E-state index contributed by atoms with van der Waals surface area (Å²) in [6, 6.07) is 23.2. The zero-order valence-electron chi connectivity index (χ0n) is 22.1. The fraction of sp³-hybridized carbons (Fsp3) is 0.258. The number of amidine groups is 1. The molecule has 0 atom stereocenters. The van der Waals surface area contributed by atoms with Crippen molar-refractivity contribution in [2.75, 3.05) is 32.8 Å². The van der Waals surface area contributed by atoms with Gasteiger partial charge in [0.15, 0.2) is 5.17 Å². The van der Waals surface area contributed by atoms with Crippen LogP contribution in [-0.4, -0.2) is 59.6 Å². The normalized spacial score (nSPS) is 17.7. The lowest BCUT2D eigenvalue weighted by atomic mass is 10.1. The highest BCUT2D eigenvalue weighted by molar-refractivity contribution is 8.18. The van der Waals surface area contributed by atoms with Crippen LogP contribution in [0.15, 0.2) is 82.7 Å². The Morgan fingerprint density at radius 2 is 1.79 bits per heavy atom. The first-order valence-electron chi connectivity index (χ1n) is 13.1. The van der Waals surface area contributed by atoms with Crippen LogP contribution in [-0.2, 0) is 16.1 Å². The van der Waals surface area contributed by atoms with Crippen molar-refractivity contribution < 1.29 is 19.1 Å². The highest BCUT2D eigenvalue weighted by atomic mass is 32.2. The van der Waals surface area contributed by atoms with Crippen LogP contribution in [0.5, 0.6) is 5.75 Å². The van der Waals surface area contributed by atoms with Crippen molar-refractivity contribution in [3.8, 4) is 5.75 Å². The zero-order chi connectivity index (χ0) is 27.2. The van der Waals surface area contributed by atoms with Crippen LogP contribution < -0.4 is 4.74 Å². The topological polar surface area (TPSA) is 71.4 Å². The maximum atomic E-state index is 13.1. The second kappa shape index (κ2) is 12.3. The number of carbonyl (C=O) groups is 2. The Balaban J connectivity index is 1.28. The van der Waals surface area contributed by atoms with Crippen molar-refractivity contribution in [1.29, 1.82) is 0 Å². The van der Waals surface area contributed by atoms with Crippen molar-refractivity contribution in [1.82, 2.24) is 9.80 Å². The number of benzene rings is 3. The van der Waals surface area contributed by atoms with Gasteiger partial charge in [0.25, 0.3) is 11.8 Å². The van der Waals surface area contributed by atoms with E-state index in [1.807, 2.05) is 49.4 Å².